The Hall–Kier alpha value is -2.45. The molecule has 3 aromatic rings. The van der Waals surface area contributed by atoms with Crippen LogP contribution >= 0.6 is 27.3 Å². The van der Waals surface area contributed by atoms with Crippen LogP contribution < -0.4 is 5.32 Å². The number of nitrogens with zero attached hydrogens (tertiary/aromatic N) is 1. The summed E-state index contributed by atoms with van der Waals surface area (Å²) in [5.41, 5.74) is 2.11. The molecule has 27 heavy (non-hydrogen) atoms. The first kappa shape index (κ1) is 19.3. The predicted molar refractivity (Wildman–Crippen MR) is 107 cm³/mol. The fourth-order valence-corrected chi connectivity index (χ4v) is 3.77. The van der Waals surface area contributed by atoms with Crippen molar-refractivity contribution in [1.29, 1.82) is 0 Å². The third kappa shape index (κ3) is 4.12. The van der Waals surface area contributed by atoms with Crippen molar-refractivity contribution in [3.8, 4) is 11.3 Å². The number of anilines is 1. The quantitative estimate of drug-likeness (QED) is 0.541. The maximum atomic E-state index is 12.6. The number of nitrogens with one attached hydrogen (secondary N) is 1. The molecule has 0 bridgehead atoms. The number of rotatable bonds is 5. The van der Waals surface area contributed by atoms with Crippen LogP contribution in [0, 0.1) is 13.8 Å². The van der Waals surface area contributed by atoms with Gasteiger partial charge in [0.1, 0.15) is 5.00 Å². The Morgan fingerprint density at radius 2 is 1.96 bits per heavy atom. The van der Waals surface area contributed by atoms with E-state index in [-0.39, 0.29) is 12.3 Å². The number of benzene rings is 1. The van der Waals surface area contributed by atoms with Crippen LogP contribution in [0.1, 0.15) is 38.2 Å². The summed E-state index contributed by atoms with van der Waals surface area (Å²) in [6, 6.07) is 9.03. The zero-order valence-corrected chi connectivity index (χ0v) is 17.4. The van der Waals surface area contributed by atoms with Crippen molar-refractivity contribution in [3.05, 3.63) is 56.5 Å². The maximum Gasteiger partial charge on any atom is 0.341 e. The van der Waals surface area contributed by atoms with Crippen molar-refractivity contribution < 1.29 is 18.8 Å². The highest BCUT2D eigenvalue weighted by Crippen LogP contribution is 2.33. The molecule has 2 aromatic heterocycles. The van der Waals surface area contributed by atoms with E-state index in [1.54, 1.807) is 13.0 Å². The third-order valence-corrected chi connectivity index (χ3v) is 5.61. The minimum Gasteiger partial charge on any atom is -0.462 e. The number of aromatic nitrogens is 1. The fourth-order valence-electron chi connectivity index (χ4n) is 2.46. The summed E-state index contributed by atoms with van der Waals surface area (Å²) in [7, 11) is 0. The van der Waals surface area contributed by atoms with Crippen molar-refractivity contribution in [3.63, 3.8) is 0 Å². The highest BCUT2D eigenvalue weighted by Gasteiger charge is 2.23. The smallest absolute Gasteiger partial charge is 0.341 e. The lowest BCUT2D eigenvalue weighted by molar-refractivity contribution is 0.0527. The Balaban J connectivity index is 1.83. The lowest BCUT2D eigenvalue weighted by atomic mass is 10.1. The van der Waals surface area contributed by atoms with Gasteiger partial charge in [0.2, 0.25) is 0 Å². The molecular weight excluding hydrogens is 432 g/mol. The molecule has 0 atom stereocenters. The van der Waals surface area contributed by atoms with Gasteiger partial charge in [-0.25, -0.2) is 4.79 Å². The summed E-state index contributed by atoms with van der Waals surface area (Å²) < 4.78 is 11.3. The molecule has 8 heteroatoms. The molecule has 0 aliphatic carbocycles. The highest BCUT2D eigenvalue weighted by molar-refractivity contribution is 9.10. The molecule has 0 saturated carbocycles. The van der Waals surface area contributed by atoms with Gasteiger partial charge >= 0.3 is 5.97 Å². The second kappa shape index (κ2) is 8.06. The molecule has 0 spiro atoms. The molecule has 2 heterocycles. The summed E-state index contributed by atoms with van der Waals surface area (Å²) in [5.74, 6) is -0.420. The van der Waals surface area contributed by atoms with Gasteiger partial charge in [0.15, 0.2) is 11.5 Å². The summed E-state index contributed by atoms with van der Waals surface area (Å²) in [5, 5.41) is 7.04. The van der Waals surface area contributed by atoms with Crippen LogP contribution in [0.2, 0.25) is 0 Å². The standard InChI is InChI=1S/C19H17BrN2O4S/c1-4-25-19(24)16-10(2)11(3)27-18(16)21-17(23)14-9-15(26-22-14)12-5-7-13(20)8-6-12/h5-9H,4H2,1-3H3,(H,21,23). The number of carbonyl (C=O) groups excluding carboxylic acids is 2. The number of halogens is 1. The molecule has 1 aromatic carbocycles. The van der Waals surface area contributed by atoms with E-state index >= 15 is 0 Å². The van der Waals surface area contributed by atoms with Gasteiger partial charge in [-0.1, -0.05) is 33.2 Å². The number of hydrogen-bond donors (Lipinski definition) is 1. The fraction of sp³-hybridized carbons (Fsp3) is 0.211. The summed E-state index contributed by atoms with van der Waals surface area (Å²) in [6.07, 6.45) is 0. The molecule has 0 unspecified atom stereocenters. The van der Waals surface area contributed by atoms with Gasteiger partial charge in [-0.3, -0.25) is 4.79 Å². The molecule has 0 radical (unpaired) electrons. The van der Waals surface area contributed by atoms with E-state index in [0.717, 1.165) is 20.5 Å². The van der Waals surface area contributed by atoms with Crippen LogP contribution in [0.4, 0.5) is 5.00 Å². The van der Waals surface area contributed by atoms with Crippen molar-refractivity contribution in [2.24, 2.45) is 0 Å². The molecule has 0 aliphatic heterocycles. The second-order valence-corrected chi connectivity index (χ2v) is 7.89. The largest absolute Gasteiger partial charge is 0.462 e. The minimum absolute atomic E-state index is 0.131. The average Bonchev–Trinajstić information content (AvgIpc) is 3.22. The molecule has 1 N–H and O–H groups in total. The van der Waals surface area contributed by atoms with Crippen LogP contribution in [0.3, 0.4) is 0 Å². The number of hydrogen-bond acceptors (Lipinski definition) is 6. The Bertz CT molecular complexity index is 992. The first-order chi connectivity index (χ1) is 12.9. The maximum absolute atomic E-state index is 12.6. The highest BCUT2D eigenvalue weighted by atomic mass is 79.9. The SMILES string of the molecule is CCOC(=O)c1c(NC(=O)c2cc(-c3ccc(Br)cc3)on2)sc(C)c1C. The lowest BCUT2D eigenvalue weighted by Gasteiger charge is -2.05. The third-order valence-electron chi connectivity index (χ3n) is 3.96. The molecule has 0 fully saturated rings. The van der Waals surface area contributed by atoms with Crippen LogP contribution in [-0.2, 0) is 4.74 Å². The van der Waals surface area contributed by atoms with E-state index in [1.807, 2.05) is 38.1 Å². The number of ether oxygens (including phenoxy) is 1. The molecule has 0 saturated heterocycles. The van der Waals surface area contributed by atoms with Crippen molar-refractivity contribution in [2.45, 2.75) is 20.8 Å². The Morgan fingerprint density at radius 3 is 2.63 bits per heavy atom. The van der Waals surface area contributed by atoms with E-state index in [2.05, 4.69) is 26.4 Å². The molecule has 3 rings (SSSR count). The number of aryl methyl sites for hydroxylation is 1. The molecule has 1 amide bonds. The topological polar surface area (TPSA) is 81.4 Å². The number of esters is 1. The van der Waals surface area contributed by atoms with E-state index in [4.69, 9.17) is 9.26 Å². The Morgan fingerprint density at radius 1 is 1.26 bits per heavy atom. The zero-order valence-electron chi connectivity index (χ0n) is 15.0. The predicted octanol–water partition coefficient (Wildman–Crippen LogP) is 5.21. The van der Waals surface area contributed by atoms with Crippen molar-refractivity contribution >= 4 is 44.1 Å². The van der Waals surface area contributed by atoms with Crippen LogP contribution in [-0.4, -0.2) is 23.6 Å². The first-order valence-electron chi connectivity index (χ1n) is 8.21. The second-order valence-electron chi connectivity index (χ2n) is 5.75. The summed E-state index contributed by atoms with van der Waals surface area (Å²) in [4.78, 5) is 25.7. The van der Waals surface area contributed by atoms with Gasteiger partial charge < -0.3 is 14.6 Å². The monoisotopic (exact) mass is 448 g/mol. The van der Waals surface area contributed by atoms with Gasteiger partial charge in [-0.05, 0) is 38.5 Å². The Labute approximate surface area is 168 Å². The van der Waals surface area contributed by atoms with Crippen molar-refractivity contribution in [2.75, 3.05) is 11.9 Å². The summed E-state index contributed by atoms with van der Waals surface area (Å²) >= 11 is 4.70. The first-order valence-corrected chi connectivity index (χ1v) is 9.82. The van der Waals surface area contributed by atoms with Crippen LogP contribution in [0.15, 0.2) is 39.3 Å². The van der Waals surface area contributed by atoms with Gasteiger partial charge in [0.05, 0.1) is 12.2 Å². The van der Waals surface area contributed by atoms with Crippen molar-refractivity contribution in [1.82, 2.24) is 5.16 Å². The number of carbonyl (C=O) groups is 2. The number of amides is 1. The normalized spacial score (nSPS) is 10.7. The number of thiophene rings is 1. The zero-order chi connectivity index (χ0) is 19.6. The van der Waals surface area contributed by atoms with E-state index in [9.17, 15) is 9.59 Å². The lowest BCUT2D eigenvalue weighted by Crippen LogP contribution is -2.15. The minimum atomic E-state index is -0.453. The molecular formula is C19H17BrN2O4S. The van der Waals surface area contributed by atoms with E-state index in [1.165, 1.54) is 11.3 Å². The average molecular weight is 449 g/mol. The van der Waals surface area contributed by atoms with Gasteiger partial charge in [0.25, 0.3) is 5.91 Å². The van der Waals surface area contributed by atoms with Gasteiger partial charge in [0, 0.05) is 21.0 Å². The van der Waals surface area contributed by atoms with E-state index in [0.29, 0.717) is 16.3 Å². The summed E-state index contributed by atoms with van der Waals surface area (Å²) in [6.45, 7) is 5.72. The molecule has 0 aliphatic rings. The molecule has 140 valence electrons. The van der Waals surface area contributed by atoms with Crippen LogP contribution in [0.5, 0.6) is 0 Å². The van der Waals surface area contributed by atoms with Gasteiger partial charge in [-0.2, -0.15) is 0 Å². The Kier molecular flexibility index (Phi) is 5.76. The molecule has 6 nitrogen and oxygen atoms in total. The van der Waals surface area contributed by atoms with Crippen LogP contribution in [0.25, 0.3) is 11.3 Å². The van der Waals surface area contributed by atoms with Gasteiger partial charge in [-0.15, -0.1) is 11.3 Å². The van der Waals surface area contributed by atoms with E-state index < -0.39 is 11.9 Å².